The molecule has 0 spiro atoms. The molecule has 1 aliphatic rings. The number of benzene rings is 1. The molecule has 1 aromatic heterocycles. The van der Waals surface area contributed by atoms with Gasteiger partial charge in [0.15, 0.2) is 3.77 Å². The van der Waals surface area contributed by atoms with E-state index in [1.807, 2.05) is 46.9 Å². The second kappa shape index (κ2) is 7.12. The van der Waals surface area contributed by atoms with E-state index < -0.39 is 0 Å². The van der Waals surface area contributed by atoms with Gasteiger partial charge in [0.1, 0.15) is 5.76 Å². The minimum absolute atomic E-state index is 0.259. The predicted octanol–water partition coefficient (Wildman–Crippen LogP) is 5.65. The van der Waals surface area contributed by atoms with Crippen molar-refractivity contribution < 1.29 is 14.0 Å². The van der Waals surface area contributed by atoms with Gasteiger partial charge in [0.2, 0.25) is 0 Å². The second-order valence-corrected chi connectivity index (χ2v) is 8.41. The Morgan fingerprint density at radius 1 is 1.22 bits per heavy atom. The van der Waals surface area contributed by atoms with Gasteiger partial charge in [-0.1, -0.05) is 28.1 Å². The number of nitrogens with zero attached hydrogens (tertiary/aromatic N) is 1. The van der Waals surface area contributed by atoms with Crippen LogP contribution < -0.4 is 0 Å². The minimum atomic E-state index is -0.301. The molecule has 23 heavy (non-hydrogen) atoms. The van der Waals surface area contributed by atoms with Crippen LogP contribution in [0, 0.1) is 3.77 Å². The largest absolute Gasteiger partial charge is 0.450 e. The summed E-state index contributed by atoms with van der Waals surface area (Å²) in [5.74, 6) is 0.237. The normalized spacial score (nSPS) is 16.7. The number of amides is 2. The third-order valence-electron chi connectivity index (χ3n) is 3.07. The Labute approximate surface area is 167 Å². The summed E-state index contributed by atoms with van der Waals surface area (Å²) in [6.07, 6.45) is 1.60. The van der Waals surface area contributed by atoms with Gasteiger partial charge >= 0.3 is 0 Å². The number of thioether (sulfide) groups is 1. The van der Waals surface area contributed by atoms with Gasteiger partial charge in [-0.15, -0.1) is 0 Å². The Morgan fingerprint density at radius 3 is 2.52 bits per heavy atom. The first-order chi connectivity index (χ1) is 10.9. The number of hydrogen-bond acceptors (Lipinski definition) is 4. The average molecular weight is 569 g/mol. The smallest absolute Gasteiger partial charge is 0.293 e. The maximum absolute atomic E-state index is 12.4. The molecule has 0 radical (unpaired) electrons. The number of carbonyl (C=O) groups is 2. The standard InChI is InChI=1S/C15H8Br2INO3S/c16-9-3-1-8(2-4-9)7-19-14(20)12(23-15(19)21)6-10-5-11(17)13(18)22-10/h1-6H,7H2/b12-6-. The Kier molecular flexibility index (Phi) is 5.34. The summed E-state index contributed by atoms with van der Waals surface area (Å²) in [4.78, 5) is 26.1. The first-order valence-electron chi connectivity index (χ1n) is 6.38. The number of imide groups is 1. The topological polar surface area (TPSA) is 50.5 Å². The molecular formula is C15H8Br2INO3S. The van der Waals surface area contributed by atoms with E-state index >= 15 is 0 Å². The first-order valence-corrected chi connectivity index (χ1v) is 9.87. The maximum atomic E-state index is 12.4. The van der Waals surface area contributed by atoms with Crippen LogP contribution in [-0.2, 0) is 11.3 Å². The lowest BCUT2D eigenvalue weighted by atomic mass is 10.2. The highest BCUT2D eigenvalue weighted by Gasteiger charge is 2.35. The van der Waals surface area contributed by atoms with Gasteiger partial charge in [-0.3, -0.25) is 14.5 Å². The lowest BCUT2D eigenvalue weighted by molar-refractivity contribution is -0.123. The van der Waals surface area contributed by atoms with Gasteiger partial charge in [0.25, 0.3) is 11.1 Å². The summed E-state index contributed by atoms with van der Waals surface area (Å²) in [6, 6.07) is 9.29. The molecule has 2 heterocycles. The van der Waals surface area contributed by atoms with Crippen molar-refractivity contribution in [1.29, 1.82) is 0 Å². The van der Waals surface area contributed by atoms with Crippen LogP contribution in [-0.4, -0.2) is 16.0 Å². The van der Waals surface area contributed by atoms with Crippen LogP contribution in [0.25, 0.3) is 6.08 Å². The van der Waals surface area contributed by atoms with Crippen LogP contribution in [0.4, 0.5) is 4.79 Å². The molecule has 1 saturated heterocycles. The molecule has 4 nitrogen and oxygen atoms in total. The van der Waals surface area contributed by atoms with E-state index in [0.29, 0.717) is 14.4 Å². The number of rotatable bonds is 3. The quantitative estimate of drug-likeness (QED) is 0.355. The molecule has 0 bridgehead atoms. The van der Waals surface area contributed by atoms with Gasteiger partial charge in [-0.05, 0) is 51.5 Å². The van der Waals surface area contributed by atoms with Crippen molar-refractivity contribution in [2.75, 3.05) is 0 Å². The Hall–Kier alpha value is -0.580. The zero-order valence-corrected chi connectivity index (χ0v) is 17.5. The minimum Gasteiger partial charge on any atom is -0.450 e. The van der Waals surface area contributed by atoms with Crippen LogP contribution in [0.5, 0.6) is 0 Å². The van der Waals surface area contributed by atoms with Crippen molar-refractivity contribution in [2.45, 2.75) is 6.54 Å². The molecule has 2 amide bonds. The van der Waals surface area contributed by atoms with E-state index in [1.54, 1.807) is 12.1 Å². The maximum Gasteiger partial charge on any atom is 0.293 e. The molecule has 8 heteroatoms. The van der Waals surface area contributed by atoms with Crippen LogP contribution in [0.1, 0.15) is 11.3 Å². The first kappa shape index (κ1) is 17.2. The van der Waals surface area contributed by atoms with E-state index in [2.05, 4.69) is 31.9 Å². The van der Waals surface area contributed by atoms with Crippen LogP contribution in [0.15, 0.2) is 48.6 Å². The highest BCUT2D eigenvalue weighted by atomic mass is 127. The number of furan rings is 1. The molecule has 1 fully saturated rings. The SMILES string of the molecule is O=C1S/C(=C\c2cc(Br)c(I)o2)C(=O)N1Cc1ccc(Br)cc1. The van der Waals surface area contributed by atoms with Crippen LogP contribution in [0.3, 0.4) is 0 Å². The summed E-state index contributed by atoms with van der Waals surface area (Å²) in [5, 5.41) is -0.274. The molecule has 0 N–H and O–H groups in total. The van der Waals surface area contributed by atoms with E-state index in [4.69, 9.17) is 4.42 Å². The monoisotopic (exact) mass is 567 g/mol. The summed E-state index contributed by atoms with van der Waals surface area (Å²) >= 11 is 9.68. The molecule has 0 unspecified atom stereocenters. The number of hydrogen-bond donors (Lipinski definition) is 0. The van der Waals surface area contributed by atoms with Gasteiger partial charge < -0.3 is 4.42 Å². The molecule has 118 valence electrons. The lowest BCUT2D eigenvalue weighted by Crippen LogP contribution is -2.27. The molecule has 0 atom stereocenters. The highest BCUT2D eigenvalue weighted by molar-refractivity contribution is 14.1. The lowest BCUT2D eigenvalue weighted by Gasteiger charge is -2.12. The van der Waals surface area contributed by atoms with Crippen molar-refractivity contribution in [3.05, 3.63) is 59.3 Å². The number of halogens is 3. The van der Waals surface area contributed by atoms with Gasteiger partial charge in [0, 0.05) is 33.1 Å². The average Bonchev–Trinajstić information content (AvgIpc) is 2.95. The van der Waals surface area contributed by atoms with Crippen molar-refractivity contribution in [3.8, 4) is 0 Å². The second-order valence-electron chi connectivity index (χ2n) is 4.66. The zero-order chi connectivity index (χ0) is 16.6. The molecule has 3 rings (SSSR count). The fourth-order valence-corrected chi connectivity index (χ4v) is 3.77. The highest BCUT2D eigenvalue weighted by Crippen LogP contribution is 2.34. The van der Waals surface area contributed by atoms with Crippen molar-refractivity contribution in [2.24, 2.45) is 0 Å². The fourth-order valence-electron chi connectivity index (χ4n) is 1.97. The molecule has 0 saturated carbocycles. The van der Waals surface area contributed by atoms with E-state index in [9.17, 15) is 9.59 Å². The predicted molar refractivity (Wildman–Crippen MR) is 105 cm³/mol. The summed E-state index contributed by atoms with van der Waals surface area (Å²) in [5.41, 5.74) is 0.895. The summed E-state index contributed by atoms with van der Waals surface area (Å²) in [7, 11) is 0. The third-order valence-corrected chi connectivity index (χ3v) is 6.63. The van der Waals surface area contributed by atoms with Crippen molar-refractivity contribution >= 4 is 83.4 Å². The Bertz CT molecular complexity index is 797. The third kappa shape index (κ3) is 3.92. The molecular weight excluding hydrogens is 561 g/mol. The zero-order valence-electron chi connectivity index (χ0n) is 11.4. The molecule has 0 aliphatic carbocycles. The van der Waals surface area contributed by atoms with Crippen molar-refractivity contribution in [1.82, 2.24) is 4.90 Å². The van der Waals surface area contributed by atoms with Crippen LogP contribution >= 0.6 is 66.2 Å². The van der Waals surface area contributed by atoms with Gasteiger partial charge in [-0.2, -0.15) is 0 Å². The molecule has 2 aromatic rings. The van der Waals surface area contributed by atoms with E-state index in [-0.39, 0.29) is 17.7 Å². The van der Waals surface area contributed by atoms with E-state index in [0.717, 1.165) is 26.3 Å². The fraction of sp³-hybridized carbons (Fsp3) is 0.0667. The summed E-state index contributed by atoms with van der Waals surface area (Å²) in [6.45, 7) is 0.259. The molecule has 1 aliphatic heterocycles. The summed E-state index contributed by atoms with van der Waals surface area (Å²) < 4.78 is 7.96. The number of carbonyl (C=O) groups excluding carboxylic acids is 2. The Balaban J connectivity index is 1.80. The Morgan fingerprint density at radius 2 is 1.91 bits per heavy atom. The van der Waals surface area contributed by atoms with Crippen molar-refractivity contribution in [3.63, 3.8) is 0 Å². The van der Waals surface area contributed by atoms with E-state index in [1.165, 1.54) is 4.90 Å². The van der Waals surface area contributed by atoms with Gasteiger partial charge in [-0.25, -0.2) is 0 Å². The van der Waals surface area contributed by atoms with Gasteiger partial charge in [0.05, 0.1) is 15.9 Å². The molecule has 1 aromatic carbocycles. The van der Waals surface area contributed by atoms with Crippen LogP contribution in [0.2, 0.25) is 0 Å².